The van der Waals surface area contributed by atoms with Crippen molar-refractivity contribution in [3.05, 3.63) is 0 Å². The van der Waals surface area contributed by atoms with E-state index in [1.807, 2.05) is 0 Å². The van der Waals surface area contributed by atoms with Gasteiger partial charge in [0.15, 0.2) is 0 Å². The van der Waals surface area contributed by atoms with Gasteiger partial charge in [0.25, 0.3) is 5.92 Å². The van der Waals surface area contributed by atoms with Crippen LogP contribution >= 0.6 is 0 Å². The van der Waals surface area contributed by atoms with E-state index in [-0.39, 0.29) is 18.9 Å². The Kier molecular flexibility index (Phi) is 2.04. The first-order chi connectivity index (χ1) is 5.67. The van der Waals surface area contributed by atoms with Crippen LogP contribution in [0.5, 0.6) is 0 Å². The Morgan fingerprint density at radius 3 is 2.25 bits per heavy atom. The lowest BCUT2D eigenvalue weighted by Gasteiger charge is -2.44. The molecule has 0 aromatic rings. The zero-order valence-corrected chi connectivity index (χ0v) is 7.02. The van der Waals surface area contributed by atoms with E-state index in [1.165, 1.54) is 0 Å². The SMILES string of the molecule is FC1(F)CC(N2CCNCC2)C1. The van der Waals surface area contributed by atoms with Gasteiger partial charge in [0.05, 0.1) is 0 Å². The maximum absolute atomic E-state index is 12.5. The molecule has 0 spiro atoms. The van der Waals surface area contributed by atoms with Gasteiger partial charge < -0.3 is 5.32 Å². The number of piperazine rings is 1. The second-order valence-corrected chi connectivity index (χ2v) is 3.70. The lowest BCUT2D eigenvalue weighted by molar-refractivity contribution is -0.125. The Hall–Kier alpha value is -0.220. The third-order valence-electron chi connectivity index (χ3n) is 2.74. The van der Waals surface area contributed by atoms with Gasteiger partial charge in [-0.1, -0.05) is 0 Å². The summed E-state index contributed by atoms with van der Waals surface area (Å²) in [6.07, 6.45) is 0.153. The van der Waals surface area contributed by atoms with Gasteiger partial charge in [-0.25, -0.2) is 8.78 Å². The van der Waals surface area contributed by atoms with Crippen LogP contribution in [0.25, 0.3) is 0 Å². The van der Waals surface area contributed by atoms with Gasteiger partial charge in [0.1, 0.15) is 0 Å². The summed E-state index contributed by atoms with van der Waals surface area (Å²) in [6, 6.07) is 0.155. The van der Waals surface area contributed by atoms with Crippen LogP contribution in [0.4, 0.5) is 8.78 Å². The Bertz CT molecular complexity index is 158. The maximum Gasteiger partial charge on any atom is 0.251 e. The van der Waals surface area contributed by atoms with Gasteiger partial charge in [-0.2, -0.15) is 0 Å². The quantitative estimate of drug-likeness (QED) is 0.632. The van der Waals surface area contributed by atoms with Gasteiger partial charge in [0, 0.05) is 45.1 Å². The molecule has 2 aliphatic rings. The first kappa shape index (κ1) is 8.38. The van der Waals surface area contributed by atoms with E-state index in [1.54, 1.807) is 0 Å². The number of nitrogens with zero attached hydrogens (tertiary/aromatic N) is 1. The Morgan fingerprint density at radius 1 is 1.17 bits per heavy atom. The first-order valence-electron chi connectivity index (χ1n) is 4.50. The van der Waals surface area contributed by atoms with Crippen LogP contribution < -0.4 is 5.32 Å². The molecule has 2 nitrogen and oxygen atoms in total. The molecule has 12 heavy (non-hydrogen) atoms. The normalized spacial score (nSPS) is 31.5. The molecule has 0 atom stereocenters. The van der Waals surface area contributed by atoms with Crippen molar-refractivity contribution in [2.45, 2.75) is 24.8 Å². The van der Waals surface area contributed by atoms with Crippen LogP contribution in [0.2, 0.25) is 0 Å². The number of nitrogens with one attached hydrogen (secondary N) is 1. The monoisotopic (exact) mass is 176 g/mol. The molecule has 1 saturated carbocycles. The van der Waals surface area contributed by atoms with Crippen LogP contribution in [-0.2, 0) is 0 Å². The minimum Gasteiger partial charge on any atom is -0.314 e. The Morgan fingerprint density at radius 2 is 1.75 bits per heavy atom. The molecule has 70 valence electrons. The van der Waals surface area contributed by atoms with Crippen LogP contribution in [0.15, 0.2) is 0 Å². The fourth-order valence-corrected chi connectivity index (χ4v) is 1.94. The molecule has 0 unspecified atom stereocenters. The van der Waals surface area contributed by atoms with Crippen molar-refractivity contribution in [1.29, 1.82) is 0 Å². The molecule has 1 aliphatic carbocycles. The molecule has 0 aromatic heterocycles. The summed E-state index contributed by atoms with van der Waals surface area (Å²) in [5.41, 5.74) is 0. The summed E-state index contributed by atoms with van der Waals surface area (Å²) in [5, 5.41) is 3.21. The second kappa shape index (κ2) is 2.92. The van der Waals surface area contributed by atoms with Crippen molar-refractivity contribution in [3.63, 3.8) is 0 Å². The van der Waals surface area contributed by atoms with Crippen molar-refractivity contribution < 1.29 is 8.78 Å². The Labute approximate surface area is 70.9 Å². The van der Waals surface area contributed by atoms with Crippen molar-refractivity contribution in [3.8, 4) is 0 Å². The number of hydrogen-bond donors (Lipinski definition) is 1. The van der Waals surface area contributed by atoms with Crippen molar-refractivity contribution >= 4 is 0 Å². The highest BCUT2D eigenvalue weighted by Crippen LogP contribution is 2.40. The topological polar surface area (TPSA) is 15.3 Å². The zero-order valence-electron chi connectivity index (χ0n) is 7.02. The number of rotatable bonds is 1. The average Bonchev–Trinajstić information content (AvgIpc) is 2.02. The van der Waals surface area contributed by atoms with Gasteiger partial charge in [-0.15, -0.1) is 0 Å². The molecule has 0 radical (unpaired) electrons. The molecule has 1 aliphatic heterocycles. The largest absolute Gasteiger partial charge is 0.314 e. The van der Waals surface area contributed by atoms with E-state index in [0.717, 1.165) is 26.2 Å². The van der Waals surface area contributed by atoms with Gasteiger partial charge >= 0.3 is 0 Å². The van der Waals surface area contributed by atoms with Crippen LogP contribution in [-0.4, -0.2) is 43.0 Å². The molecule has 0 amide bonds. The summed E-state index contributed by atoms with van der Waals surface area (Å²) >= 11 is 0. The summed E-state index contributed by atoms with van der Waals surface area (Å²) in [5.74, 6) is -2.37. The standard InChI is InChI=1S/C8H14F2N2/c9-8(10)5-7(6-8)12-3-1-11-2-4-12/h7,11H,1-6H2. The fraction of sp³-hybridized carbons (Fsp3) is 1.00. The van der Waals surface area contributed by atoms with E-state index in [9.17, 15) is 8.78 Å². The molecule has 4 heteroatoms. The van der Waals surface area contributed by atoms with E-state index < -0.39 is 5.92 Å². The van der Waals surface area contributed by atoms with Crippen LogP contribution in [0, 0.1) is 0 Å². The summed E-state index contributed by atoms with van der Waals surface area (Å²) in [4.78, 5) is 2.17. The van der Waals surface area contributed by atoms with E-state index in [0.29, 0.717) is 0 Å². The molecule has 1 N–H and O–H groups in total. The smallest absolute Gasteiger partial charge is 0.251 e. The second-order valence-electron chi connectivity index (χ2n) is 3.70. The number of hydrogen-bond acceptors (Lipinski definition) is 2. The molecule has 2 fully saturated rings. The highest BCUT2D eigenvalue weighted by atomic mass is 19.3. The summed E-state index contributed by atoms with van der Waals surface area (Å²) in [7, 11) is 0. The average molecular weight is 176 g/mol. The summed E-state index contributed by atoms with van der Waals surface area (Å²) in [6.45, 7) is 3.76. The van der Waals surface area contributed by atoms with Crippen LogP contribution in [0.3, 0.4) is 0 Å². The molecule has 2 rings (SSSR count). The lowest BCUT2D eigenvalue weighted by atomic mass is 9.86. The van der Waals surface area contributed by atoms with Crippen molar-refractivity contribution in [2.24, 2.45) is 0 Å². The van der Waals surface area contributed by atoms with Crippen molar-refractivity contribution in [1.82, 2.24) is 10.2 Å². The Balaban J connectivity index is 1.79. The predicted octanol–water partition coefficient (Wildman–Crippen LogP) is 0.689. The number of alkyl halides is 2. The molecule has 0 aromatic carbocycles. The molecular formula is C8H14F2N2. The lowest BCUT2D eigenvalue weighted by Crippen LogP contribution is -2.56. The highest BCUT2D eigenvalue weighted by Gasteiger charge is 2.47. The fourth-order valence-electron chi connectivity index (χ4n) is 1.94. The van der Waals surface area contributed by atoms with Gasteiger partial charge in [-0.3, -0.25) is 4.90 Å². The van der Waals surface area contributed by atoms with Gasteiger partial charge in [0.2, 0.25) is 0 Å². The highest BCUT2D eigenvalue weighted by molar-refractivity contribution is 4.93. The molecular weight excluding hydrogens is 162 g/mol. The van der Waals surface area contributed by atoms with E-state index in [2.05, 4.69) is 10.2 Å². The number of halogens is 2. The van der Waals surface area contributed by atoms with Crippen molar-refractivity contribution in [2.75, 3.05) is 26.2 Å². The minimum absolute atomic E-state index is 0.0764. The minimum atomic E-state index is -2.37. The third-order valence-corrected chi connectivity index (χ3v) is 2.74. The van der Waals surface area contributed by atoms with E-state index in [4.69, 9.17) is 0 Å². The maximum atomic E-state index is 12.5. The molecule has 1 heterocycles. The third kappa shape index (κ3) is 1.59. The first-order valence-corrected chi connectivity index (χ1v) is 4.50. The molecule has 1 saturated heterocycles. The van der Waals surface area contributed by atoms with Crippen LogP contribution in [0.1, 0.15) is 12.8 Å². The predicted molar refractivity (Wildman–Crippen MR) is 42.4 cm³/mol. The van der Waals surface area contributed by atoms with E-state index >= 15 is 0 Å². The zero-order chi connectivity index (χ0) is 8.60. The van der Waals surface area contributed by atoms with Gasteiger partial charge in [-0.05, 0) is 0 Å². The summed E-state index contributed by atoms with van der Waals surface area (Å²) < 4.78 is 25.0. The molecule has 0 bridgehead atoms.